The first kappa shape index (κ1) is 22.4. The van der Waals surface area contributed by atoms with Crippen LogP contribution in [0.5, 0.6) is 0 Å². The van der Waals surface area contributed by atoms with Crippen LogP contribution in [0.2, 0.25) is 0 Å². The number of amides is 1. The number of aryl methyl sites for hydroxylation is 2. The van der Waals surface area contributed by atoms with Gasteiger partial charge in [0.2, 0.25) is 0 Å². The van der Waals surface area contributed by atoms with Crippen LogP contribution in [0.25, 0.3) is 22.4 Å². The molecule has 1 aromatic carbocycles. The van der Waals surface area contributed by atoms with Gasteiger partial charge in [0.15, 0.2) is 14.6 Å². The number of hydroxylamine groups is 1. The maximum Gasteiger partial charge on any atom is 0.264 e. The Morgan fingerprint density at radius 3 is 2.32 bits per heavy atom. The van der Waals surface area contributed by atoms with Gasteiger partial charge in [0, 0.05) is 36.7 Å². The van der Waals surface area contributed by atoms with Gasteiger partial charge < -0.3 is 9.09 Å². The fourth-order valence-corrected chi connectivity index (χ4v) is 3.97. The van der Waals surface area contributed by atoms with E-state index in [2.05, 4.69) is 5.16 Å². The molecule has 31 heavy (non-hydrogen) atoms. The molecule has 10 heteroatoms. The van der Waals surface area contributed by atoms with E-state index in [9.17, 15) is 18.0 Å². The minimum atomic E-state index is -3.83. The van der Waals surface area contributed by atoms with Crippen molar-refractivity contribution in [2.45, 2.75) is 31.6 Å². The Morgan fingerprint density at radius 1 is 1.16 bits per heavy atom. The Kier molecular flexibility index (Phi) is 6.14. The van der Waals surface area contributed by atoms with Crippen LogP contribution < -0.4 is 11.0 Å². The molecule has 2 aromatic heterocycles. The molecule has 1 atom stereocenters. The molecular weight excluding hydrogens is 422 g/mol. The lowest BCUT2D eigenvalue weighted by molar-refractivity contribution is -0.131. The first-order chi connectivity index (χ1) is 14.5. The Labute approximate surface area is 179 Å². The topological polar surface area (TPSA) is 132 Å². The van der Waals surface area contributed by atoms with Gasteiger partial charge in [0.25, 0.3) is 11.5 Å². The van der Waals surface area contributed by atoms with Crippen LogP contribution in [0.3, 0.4) is 0 Å². The van der Waals surface area contributed by atoms with E-state index in [0.29, 0.717) is 11.3 Å². The van der Waals surface area contributed by atoms with Crippen LogP contribution in [0.4, 0.5) is 0 Å². The summed E-state index contributed by atoms with van der Waals surface area (Å²) in [5, 5.41) is 12.9. The highest BCUT2D eigenvalue weighted by atomic mass is 32.2. The molecule has 3 rings (SSSR count). The van der Waals surface area contributed by atoms with Crippen molar-refractivity contribution >= 4 is 15.7 Å². The van der Waals surface area contributed by atoms with Gasteiger partial charge in [-0.05, 0) is 37.5 Å². The summed E-state index contributed by atoms with van der Waals surface area (Å²) in [4.78, 5) is 24.5. The zero-order valence-electron chi connectivity index (χ0n) is 17.3. The normalized spacial score (nSPS) is 13.5. The summed E-state index contributed by atoms with van der Waals surface area (Å²) >= 11 is 0. The summed E-state index contributed by atoms with van der Waals surface area (Å²) < 4.78 is 28.7. The standard InChI is InChI=1S/C21H23N3O6S/c1-14-12-18(23-30-14)16-6-4-15(5-7-16)17-8-10-24(19(25)13-17)11-9-21(2,20(26)22-27)31(3,28)29/h4-8,10,12-13,27H,9,11H2,1-3H3,(H,22,26)/t21-/m1/s1. The number of rotatable bonds is 7. The van der Waals surface area contributed by atoms with Crippen molar-refractivity contribution in [3.05, 3.63) is 64.8 Å². The molecule has 2 N–H and O–H groups in total. The number of pyridine rings is 1. The Bertz CT molecular complexity index is 1260. The van der Waals surface area contributed by atoms with Crippen LogP contribution in [-0.2, 0) is 21.2 Å². The molecule has 164 valence electrons. The summed E-state index contributed by atoms with van der Waals surface area (Å²) in [6.07, 6.45) is 2.29. The van der Waals surface area contributed by atoms with Gasteiger partial charge in [-0.2, -0.15) is 0 Å². The lowest BCUT2D eigenvalue weighted by Gasteiger charge is -2.25. The van der Waals surface area contributed by atoms with E-state index < -0.39 is 20.5 Å². The lowest BCUT2D eigenvalue weighted by Crippen LogP contribution is -2.49. The predicted octanol–water partition coefficient (Wildman–Crippen LogP) is 2.18. The van der Waals surface area contributed by atoms with Crippen molar-refractivity contribution < 1.29 is 22.9 Å². The molecule has 0 aliphatic carbocycles. The average Bonchev–Trinajstić information content (AvgIpc) is 3.17. The quantitative estimate of drug-likeness (QED) is 0.421. The molecule has 3 aromatic rings. The third-order valence-electron chi connectivity index (χ3n) is 5.37. The summed E-state index contributed by atoms with van der Waals surface area (Å²) in [6, 6.07) is 12.5. The van der Waals surface area contributed by atoms with E-state index in [0.717, 1.165) is 23.1 Å². The number of aromatic nitrogens is 2. The van der Waals surface area contributed by atoms with Gasteiger partial charge in [-0.25, -0.2) is 13.9 Å². The first-order valence-corrected chi connectivity index (χ1v) is 11.3. The smallest absolute Gasteiger partial charge is 0.264 e. The molecule has 0 spiro atoms. The maximum absolute atomic E-state index is 12.6. The minimum Gasteiger partial charge on any atom is -0.361 e. The van der Waals surface area contributed by atoms with Gasteiger partial charge in [0.05, 0.1) is 0 Å². The molecule has 0 bridgehead atoms. The number of nitrogens with zero attached hydrogens (tertiary/aromatic N) is 2. The van der Waals surface area contributed by atoms with E-state index in [1.165, 1.54) is 23.0 Å². The largest absolute Gasteiger partial charge is 0.361 e. The SMILES string of the molecule is Cc1cc(-c2ccc(-c3ccn(CC[C@](C)(C(=O)NO)S(C)(=O)=O)c(=O)c3)cc2)no1. The number of sulfone groups is 1. The average molecular weight is 445 g/mol. The van der Waals surface area contributed by atoms with Crippen molar-refractivity contribution in [1.29, 1.82) is 0 Å². The molecule has 0 aliphatic rings. The summed E-state index contributed by atoms with van der Waals surface area (Å²) in [6.45, 7) is 3.01. The van der Waals surface area contributed by atoms with E-state index in [4.69, 9.17) is 9.73 Å². The van der Waals surface area contributed by atoms with E-state index in [-0.39, 0.29) is 18.5 Å². The molecule has 0 saturated carbocycles. The molecule has 2 heterocycles. The van der Waals surface area contributed by atoms with Crippen LogP contribution in [-0.4, -0.2) is 40.3 Å². The molecule has 0 aliphatic heterocycles. The highest BCUT2D eigenvalue weighted by molar-refractivity contribution is 7.92. The van der Waals surface area contributed by atoms with Crippen molar-refractivity contribution in [3.8, 4) is 22.4 Å². The lowest BCUT2D eigenvalue weighted by atomic mass is 10.0. The van der Waals surface area contributed by atoms with Crippen molar-refractivity contribution in [1.82, 2.24) is 15.2 Å². The molecule has 0 radical (unpaired) electrons. The predicted molar refractivity (Wildman–Crippen MR) is 114 cm³/mol. The number of benzene rings is 1. The first-order valence-electron chi connectivity index (χ1n) is 9.44. The van der Waals surface area contributed by atoms with Gasteiger partial charge in [-0.1, -0.05) is 29.4 Å². The van der Waals surface area contributed by atoms with Crippen molar-refractivity contribution in [2.75, 3.05) is 6.26 Å². The third-order valence-corrected chi connectivity index (χ3v) is 7.39. The third kappa shape index (κ3) is 4.59. The second-order valence-corrected chi connectivity index (χ2v) is 9.99. The van der Waals surface area contributed by atoms with E-state index >= 15 is 0 Å². The van der Waals surface area contributed by atoms with E-state index in [1.807, 2.05) is 37.3 Å². The molecule has 0 unspecified atom stereocenters. The van der Waals surface area contributed by atoms with Crippen molar-refractivity contribution in [3.63, 3.8) is 0 Å². The Hall–Kier alpha value is -3.24. The summed E-state index contributed by atoms with van der Waals surface area (Å²) in [5.74, 6) is -0.326. The second-order valence-electron chi connectivity index (χ2n) is 7.54. The fourth-order valence-electron chi connectivity index (χ4n) is 3.13. The monoisotopic (exact) mass is 445 g/mol. The number of carbonyl (C=O) groups excluding carboxylic acids is 1. The molecule has 1 amide bonds. The van der Waals surface area contributed by atoms with Gasteiger partial charge in [0.1, 0.15) is 11.5 Å². The Balaban J connectivity index is 1.80. The second kappa shape index (κ2) is 8.48. The van der Waals surface area contributed by atoms with Crippen LogP contribution in [0.1, 0.15) is 19.1 Å². The van der Waals surface area contributed by atoms with Crippen LogP contribution in [0.15, 0.2) is 58.0 Å². The maximum atomic E-state index is 12.6. The Morgan fingerprint density at radius 2 is 1.81 bits per heavy atom. The molecule has 9 nitrogen and oxygen atoms in total. The number of nitrogens with one attached hydrogen (secondary N) is 1. The van der Waals surface area contributed by atoms with Gasteiger partial charge >= 0.3 is 0 Å². The minimum absolute atomic E-state index is 0.0133. The number of hydrogen-bond donors (Lipinski definition) is 2. The molecular formula is C21H23N3O6S. The molecule has 0 fully saturated rings. The zero-order chi connectivity index (χ0) is 22.8. The highest BCUT2D eigenvalue weighted by Gasteiger charge is 2.43. The van der Waals surface area contributed by atoms with E-state index in [1.54, 1.807) is 12.3 Å². The number of carbonyl (C=O) groups is 1. The van der Waals surface area contributed by atoms with Gasteiger partial charge in [-0.3, -0.25) is 14.8 Å². The molecule has 0 saturated heterocycles. The van der Waals surface area contributed by atoms with Crippen molar-refractivity contribution in [2.24, 2.45) is 0 Å². The highest BCUT2D eigenvalue weighted by Crippen LogP contribution is 2.25. The summed E-state index contributed by atoms with van der Waals surface area (Å²) in [7, 11) is -3.83. The summed E-state index contributed by atoms with van der Waals surface area (Å²) in [5.41, 5.74) is 4.19. The zero-order valence-corrected chi connectivity index (χ0v) is 18.1. The fraction of sp³-hybridized carbons (Fsp3) is 0.286. The number of hydrogen-bond acceptors (Lipinski definition) is 7. The van der Waals surface area contributed by atoms with Gasteiger partial charge in [-0.15, -0.1) is 0 Å². The van der Waals surface area contributed by atoms with Crippen LogP contribution in [0, 0.1) is 6.92 Å². The van der Waals surface area contributed by atoms with Crippen LogP contribution >= 0.6 is 0 Å².